The van der Waals surface area contributed by atoms with Crippen LogP contribution in [0.15, 0.2) is 58.5 Å². The number of para-hydroxylation sites is 1. The lowest BCUT2D eigenvalue weighted by Gasteiger charge is -2.29. The maximum absolute atomic E-state index is 13.3. The predicted octanol–water partition coefficient (Wildman–Crippen LogP) is 4.58. The van der Waals surface area contributed by atoms with Gasteiger partial charge in [0.25, 0.3) is 5.56 Å². The van der Waals surface area contributed by atoms with Gasteiger partial charge in [0.15, 0.2) is 5.16 Å². The zero-order valence-electron chi connectivity index (χ0n) is 17.6. The quantitative estimate of drug-likeness (QED) is 0.446. The van der Waals surface area contributed by atoms with Crippen LogP contribution in [0.5, 0.6) is 0 Å². The lowest BCUT2D eigenvalue weighted by atomic mass is 9.95. The summed E-state index contributed by atoms with van der Waals surface area (Å²) in [6, 6.07) is 16.1. The lowest BCUT2D eigenvalue weighted by Crippen LogP contribution is -2.37. The summed E-state index contributed by atoms with van der Waals surface area (Å²) < 4.78 is 1.88. The normalized spacial score (nSPS) is 17.0. The number of nitrogens with zero attached hydrogens (tertiary/aromatic N) is 3. The van der Waals surface area contributed by atoms with Gasteiger partial charge in [-0.1, -0.05) is 67.4 Å². The van der Waals surface area contributed by atoms with Crippen molar-refractivity contribution in [3.8, 4) is 0 Å². The molecular weight excluding hydrogens is 406 g/mol. The first-order valence-electron chi connectivity index (χ1n) is 11.2. The maximum Gasteiger partial charge on any atom is 0.262 e. The van der Waals surface area contributed by atoms with E-state index >= 15 is 0 Å². The number of hydrogen-bond acceptors (Lipinski definition) is 4. The number of thioether (sulfide) groups is 1. The molecule has 6 heteroatoms. The molecule has 0 atom stereocenters. The average molecular weight is 434 g/mol. The van der Waals surface area contributed by atoms with Crippen molar-refractivity contribution in [3.05, 3.63) is 70.0 Å². The topological polar surface area (TPSA) is 55.2 Å². The summed E-state index contributed by atoms with van der Waals surface area (Å²) in [6.45, 7) is 1.41. The second kappa shape index (κ2) is 8.87. The maximum atomic E-state index is 13.3. The van der Waals surface area contributed by atoms with Gasteiger partial charge in [-0.05, 0) is 42.5 Å². The fraction of sp³-hybridized carbons (Fsp3) is 0.400. The number of benzene rings is 2. The van der Waals surface area contributed by atoms with E-state index in [2.05, 4.69) is 18.2 Å². The minimum Gasteiger partial charge on any atom is -0.337 e. The summed E-state index contributed by atoms with van der Waals surface area (Å²) >= 11 is 1.41. The van der Waals surface area contributed by atoms with Crippen LogP contribution in [-0.2, 0) is 17.8 Å². The van der Waals surface area contributed by atoms with Crippen LogP contribution in [0.4, 0.5) is 0 Å². The molecule has 1 saturated carbocycles. The molecule has 1 fully saturated rings. The van der Waals surface area contributed by atoms with Gasteiger partial charge in [0, 0.05) is 19.1 Å². The van der Waals surface area contributed by atoms with E-state index in [-0.39, 0.29) is 17.5 Å². The van der Waals surface area contributed by atoms with E-state index in [1.807, 2.05) is 39.8 Å². The molecule has 0 radical (unpaired) electrons. The fourth-order valence-electron chi connectivity index (χ4n) is 4.81. The van der Waals surface area contributed by atoms with Crippen molar-refractivity contribution in [2.45, 2.75) is 56.3 Å². The third-order valence-electron chi connectivity index (χ3n) is 6.52. The molecule has 1 amide bonds. The van der Waals surface area contributed by atoms with Crippen LogP contribution in [0.3, 0.4) is 0 Å². The van der Waals surface area contributed by atoms with Crippen molar-refractivity contribution in [2.75, 3.05) is 12.3 Å². The molecule has 2 aromatic carbocycles. The van der Waals surface area contributed by atoms with Crippen molar-refractivity contribution in [2.24, 2.45) is 0 Å². The molecule has 2 aliphatic rings. The highest BCUT2D eigenvalue weighted by molar-refractivity contribution is 7.99. The molecule has 0 bridgehead atoms. The molecule has 0 spiro atoms. The van der Waals surface area contributed by atoms with E-state index in [1.165, 1.54) is 29.3 Å². The van der Waals surface area contributed by atoms with Crippen LogP contribution in [0.2, 0.25) is 0 Å². The van der Waals surface area contributed by atoms with Gasteiger partial charge in [0.05, 0.1) is 16.7 Å². The smallest absolute Gasteiger partial charge is 0.262 e. The third kappa shape index (κ3) is 4.13. The number of fused-ring (bicyclic) bond motifs is 2. The van der Waals surface area contributed by atoms with Crippen molar-refractivity contribution in [1.29, 1.82) is 0 Å². The van der Waals surface area contributed by atoms with E-state index in [0.29, 0.717) is 28.4 Å². The Morgan fingerprint density at radius 3 is 2.58 bits per heavy atom. The predicted molar refractivity (Wildman–Crippen MR) is 124 cm³/mol. The van der Waals surface area contributed by atoms with Crippen LogP contribution in [0.25, 0.3) is 10.9 Å². The fourth-order valence-corrected chi connectivity index (χ4v) is 5.78. The summed E-state index contributed by atoms with van der Waals surface area (Å²) in [4.78, 5) is 33.1. The zero-order chi connectivity index (χ0) is 21.2. The van der Waals surface area contributed by atoms with Gasteiger partial charge >= 0.3 is 0 Å². The number of amides is 1. The minimum absolute atomic E-state index is 0.0272. The largest absolute Gasteiger partial charge is 0.337 e. The zero-order valence-corrected chi connectivity index (χ0v) is 18.4. The van der Waals surface area contributed by atoms with Gasteiger partial charge < -0.3 is 4.90 Å². The van der Waals surface area contributed by atoms with Gasteiger partial charge in [-0.3, -0.25) is 14.2 Å². The van der Waals surface area contributed by atoms with E-state index in [1.54, 1.807) is 0 Å². The molecule has 2 heterocycles. The molecule has 0 N–H and O–H groups in total. The summed E-state index contributed by atoms with van der Waals surface area (Å²) in [5.41, 5.74) is 3.30. The Hall–Kier alpha value is -2.60. The van der Waals surface area contributed by atoms with E-state index < -0.39 is 0 Å². The molecule has 1 aliphatic heterocycles. The van der Waals surface area contributed by atoms with Crippen molar-refractivity contribution >= 4 is 28.6 Å². The van der Waals surface area contributed by atoms with E-state index in [9.17, 15) is 9.59 Å². The summed E-state index contributed by atoms with van der Waals surface area (Å²) in [7, 11) is 0. The van der Waals surface area contributed by atoms with Gasteiger partial charge in [0.2, 0.25) is 5.91 Å². The molecule has 160 valence electrons. The molecule has 5 rings (SSSR count). The van der Waals surface area contributed by atoms with Gasteiger partial charge in [-0.2, -0.15) is 0 Å². The number of carbonyl (C=O) groups is 1. The molecule has 31 heavy (non-hydrogen) atoms. The number of aromatic nitrogens is 2. The van der Waals surface area contributed by atoms with Crippen molar-refractivity contribution in [1.82, 2.24) is 14.5 Å². The monoisotopic (exact) mass is 433 g/mol. The Balaban J connectivity index is 1.39. The highest BCUT2D eigenvalue weighted by Crippen LogP contribution is 2.31. The van der Waals surface area contributed by atoms with Gasteiger partial charge in [-0.15, -0.1) is 0 Å². The van der Waals surface area contributed by atoms with E-state index in [0.717, 1.165) is 38.6 Å². The molecule has 1 aliphatic carbocycles. The Morgan fingerprint density at radius 1 is 1.00 bits per heavy atom. The van der Waals surface area contributed by atoms with Crippen LogP contribution in [0.1, 0.15) is 49.3 Å². The van der Waals surface area contributed by atoms with Crippen LogP contribution < -0.4 is 5.56 Å². The molecule has 0 unspecified atom stereocenters. The number of hydrogen-bond donors (Lipinski definition) is 0. The minimum atomic E-state index is 0.0272. The van der Waals surface area contributed by atoms with Crippen LogP contribution in [0, 0.1) is 0 Å². The standard InChI is InChI=1S/C25H27N3O2S/c29-23(27-15-14-18-8-4-5-9-19(18)16-27)17-31-25-26-22-13-7-6-12-21(22)24(30)28(25)20-10-2-1-3-11-20/h4-9,12-13,20H,1-3,10-11,14-17H2. The lowest BCUT2D eigenvalue weighted by molar-refractivity contribution is -0.129. The Bertz CT molecular complexity index is 1170. The summed E-state index contributed by atoms with van der Waals surface area (Å²) in [5, 5.41) is 1.35. The molecule has 5 nitrogen and oxygen atoms in total. The molecule has 0 saturated heterocycles. The molecule has 3 aromatic rings. The van der Waals surface area contributed by atoms with Gasteiger partial charge in [-0.25, -0.2) is 4.98 Å². The first-order chi connectivity index (χ1) is 15.2. The molecular formula is C25H27N3O2S. The number of rotatable bonds is 4. The van der Waals surface area contributed by atoms with Crippen LogP contribution in [-0.4, -0.2) is 32.7 Å². The highest BCUT2D eigenvalue weighted by Gasteiger charge is 2.24. The average Bonchev–Trinajstić information content (AvgIpc) is 2.83. The Labute approximate surface area is 186 Å². The second-order valence-corrected chi connectivity index (χ2v) is 9.44. The third-order valence-corrected chi connectivity index (χ3v) is 7.46. The van der Waals surface area contributed by atoms with Gasteiger partial charge in [0.1, 0.15) is 0 Å². The summed E-state index contributed by atoms with van der Waals surface area (Å²) in [5.74, 6) is 0.414. The Morgan fingerprint density at radius 2 is 1.74 bits per heavy atom. The highest BCUT2D eigenvalue weighted by atomic mass is 32.2. The summed E-state index contributed by atoms with van der Waals surface area (Å²) in [6.07, 6.45) is 6.41. The van der Waals surface area contributed by atoms with E-state index in [4.69, 9.17) is 4.98 Å². The number of carbonyl (C=O) groups excluding carboxylic acids is 1. The SMILES string of the molecule is O=C(CSc1nc2ccccc2c(=O)n1C1CCCCC1)N1CCc2ccccc2C1. The first kappa shape index (κ1) is 20.3. The van der Waals surface area contributed by atoms with Crippen molar-refractivity contribution in [3.63, 3.8) is 0 Å². The second-order valence-electron chi connectivity index (χ2n) is 8.50. The Kier molecular flexibility index (Phi) is 5.81. The van der Waals surface area contributed by atoms with Crippen LogP contribution >= 0.6 is 11.8 Å². The van der Waals surface area contributed by atoms with Crippen molar-refractivity contribution < 1.29 is 4.79 Å². The first-order valence-corrected chi connectivity index (χ1v) is 12.2. The molecule has 1 aromatic heterocycles.